The normalized spacial score (nSPS) is 13.4. The molecule has 0 aromatic heterocycles. The number of alkyl halides is 1. The number of nitrogens with zero attached hydrogens (tertiary/aromatic N) is 1. The number of benzene rings is 2. The standard InChI is InChI=1S/C22H21ClN2O7S/c1-4-32-17-10-13(8-9-16(17)31-3)20(12(2)33(29)30)25-21(27)14-6-5-7-15(19(14)22(25)28)24-18(26)11-23/h5-10,20H,4,11H2,1-3H3,(H,24,26). The molecule has 1 unspecified atom stereocenters. The van der Waals surface area contributed by atoms with E-state index in [2.05, 4.69) is 5.32 Å². The largest absolute Gasteiger partial charge is 0.493 e. The van der Waals surface area contributed by atoms with Gasteiger partial charge in [-0.1, -0.05) is 12.1 Å². The highest BCUT2D eigenvalue weighted by Gasteiger charge is 2.43. The Morgan fingerprint density at radius 1 is 1.15 bits per heavy atom. The number of nitrogens with one attached hydrogen (secondary N) is 1. The molecule has 1 N–H and O–H groups in total. The van der Waals surface area contributed by atoms with Gasteiger partial charge in [-0.2, -0.15) is 8.42 Å². The van der Waals surface area contributed by atoms with E-state index in [0.717, 1.165) is 4.90 Å². The second-order valence-corrected chi connectivity index (χ2v) is 8.36. The van der Waals surface area contributed by atoms with Gasteiger partial charge in [0, 0.05) is 0 Å². The van der Waals surface area contributed by atoms with E-state index in [4.69, 9.17) is 21.1 Å². The van der Waals surface area contributed by atoms with E-state index in [9.17, 15) is 22.8 Å². The summed E-state index contributed by atoms with van der Waals surface area (Å²) in [5, 5.41) is 2.50. The molecule has 1 aliphatic rings. The third-order valence-electron chi connectivity index (χ3n) is 5.05. The maximum absolute atomic E-state index is 13.4. The van der Waals surface area contributed by atoms with Gasteiger partial charge in [0.25, 0.3) is 11.8 Å². The first-order valence-corrected chi connectivity index (χ1v) is 11.5. The number of amides is 3. The number of hydrogen-bond donors (Lipinski definition) is 1. The minimum absolute atomic E-state index is 0.0333. The van der Waals surface area contributed by atoms with Gasteiger partial charge >= 0.3 is 0 Å². The second-order valence-electron chi connectivity index (χ2n) is 6.98. The Hall–Kier alpha value is -3.37. The second kappa shape index (κ2) is 10.1. The monoisotopic (exact) mass is 492 g/mol. The van der Waals surface area contributed by atoms with Crippen LogP contribution in [0.1, 0.15) is 46.2 Å². The average molecular weight is 493 g/mol. The Balaban J connectivity index is 2.17. The number of hydrogen-bond acceptors (Lipinski definition) is 7. The molecule has 0 saturated heterocycles. The molecule has 11 heteroatoms. The van der Waals surface area contributed by atoms with Crippen LogP contribution in [0.4, 0.5) is 5.69 Å². The molecule has 0 radical (unpaired) electrons. The van der Waals surface area contributed by atoms with Gasteiger partial charge in [0.1, 0.15) is 11.9 Å². The van der Waals surface area contributed by atoms with Gasteiger partial charge in [-0.3, -0.25) is 19.3 Å². The van der Waals surface area contributed by atoms with Gasteiger partial charge in [0.2, 0.25) is 16.2 Å². The van der Waals surface area contributed by atoms with E-state index >= 15 is 0 Å². The van der Waals surface area contributed by atoms with E-state index in [1.165, 1.54) is 38.3 Å². The van der Waals surface area contributed by atoms with E-state index in [0.29, 0.717) is 23.7 Å². The zero-order valence-electron chi connectivity index (χ0n) is 18.0. The van der Waals surface area contributed by atoms with Crippen molar-refractivity contribution in [1.29, 1.82) is 0 Å². The maximum atomic E-state index is 13.4. The summed E-state index contributed by atoms with van der Waals surface area (Å²) in [7, 11) is -1.25. The van der Waals surface area contributed by atoms with Gasteiger partial charge in [0.15, 0.2) is 11.5 Å². The lowest BCUT2D eigenvalue weighted by Crippen LogP contribution is -2.38. The van der Waals surface area contributed by atoms with Crippen molar-refractivity contribution in [3.05, 3.63) is 53.1 Å². The first-order chi connectivity index (χ1) is 15.7. The van der Waals surface area contributed by atoms with Crippen molar-refractivity contribution in [2.45, 2.75) is 19.9 Å². The highest BCUT2D eigenvalue weighted by molar-refractivity contribution is 7.73. The van der Waals surface area contributed by atoms with Crippen LogP contribution in [0.15, 0.2) is 36.4 Å². The zero-order valence-corrected chi connectivity index (χ0v) is 19.6. The number of ether oxygens (including phenoxy) is 2. The summed E-state index contributed by atoms with van der Waals surface area (Å²) in [6.07, 6.45) is 0. The molecule has 174 valence electrons. The summed E-state index contributed by atoms with van der Waals surface area (Å²) >= 11 is 5.55. The summed E-state index contributed by atoms with van der Waals surface area (Å²) in [6, 6.07) is 7.83. The molecule has 2 aromatic rings. The lowest BCUT2D eigenvalue weighted by Gasteiger charge is -2.26. The first-order valence-electron chi connectivity index (χ1n) is 9.85. The van der Waals surface area contributed by atoms with Gasteiger partial charge in [-0.15, -0.1) is 11.6 Å². The van der Waals surface area contributed by atoms with Crippen LogP contribution < -0.4 is 14.8 Å². The molecule has 1 aliphatic heterocycles. The lowest BCUT2D eigenvalue weighted by atomic mass is 10.0. The molecule has 1 atom stereocenters. The molecule has 2 aromatic carbocycles. The zero-order chi connectivity index (χ0) is 24.3. The van der Waals surface area contributed by atoms with Gasteiger partial charge < -0.3 is 14.8 Å². The number of carbonyl (C=O) groups is 3. The SMILES string of the molecule is CCOc1cc(C(C(C)=S(=O)=O)N2C(=O)c3cccc(NC(=O)CCl)c3C2=O)ccc1OC. The third kappa shape index (κ3) is 4.57. The minimum Gasteiger partial charge on any atom is -0.493 e. The van der Waals surface area contributed by atoms with Crippen LogP contribution in [0.3, 0.4) is 0 Å². The number of methoxy groups -OCH3 is 1. The van der Waals surface area contributed by atoms with Crippen molar-refractivity contribution in [1.82, 2.24) is 4.90 Å². The fraction of sp³-hybridized carbons (Fsp3) is 0.273. The summed E-state index contributed by atoms with van der Waals surface area (Å²) in [5.74, 6) is -1.59. The van der Waals surface area contributed by atoms with Crippen molar-refractivity contribution in [2.75, 3.05) is 24.9 Å². The molecular formula is C22H21ClN2O7S. The molecule has 1 heterocycles. The molecule has 0 aliphatic carbocycles. The van der Waals surface area contributed by atoms with E-state index in [-0.39, 0.29) is 27.6 Å². The predicted molar refractivity (Wildman–Crippen MR) is 123 cm³/mol. The fourth-order valence-corrected chi connectivity index (χ4v) is 4.10. The molecule has 0 fully saturated rings. The summed E-state index contributed by atoms with van der Waals surface area (Å²) in [5.41, 5.74) is 0.458. The predicted octanol–water partition coefficient (Wildman–Crippen LogP) is 2.68. The molecule has 3 amide bonds. The molecule has 0 bridgehead atoms. The summed E-state index contributed by atoms with van der Waals surface area (Å²) in [6.45, 7) is 3.41. The van der Waals surface area contributed by atoms with Crippen LogP contribution in [0.25, 0.3) is 0 Å². The van der Waals surface area contributed by atoms with Gasteiger partial charge in [-0.05, 0) is 43.7 Å². The Labute approximate surface area is 196 Å². The topological polar surface area (TPSA) is 119 Å². The molecule has 0 spiro atoms. The van der Waals surface area contributed by atoms with Crippen LogP contribution in [0, 0.1) is 0 Å². The van der Waals surface area contributed by atoms with Crippen LogP contribution in [-0.4, -0.2) is 55.5 Å². The summed E-state index contributed by atoms with van der Waals surface area (Å²) < 4.78 is 34.7. The van der Waals surface area contributed by atoms with Crippen LogP contribution in [0.2, 0.25) is 0 Å². The van der Waals surface area contributed by atoms with E-state index in [1.807, 2.05) is 0 Å². The van der Waals surface area contributed by atoms with E-state index in [1.54, 1.807) is 19.1 Å². The first kappa shape index (κ1) is 24.3. The van der Waals surface area contributed by atoms with Gasteiger partial charge in [0.05, 0.1) is 35.4 Å². The molecular weight excluding hydrogens is 472 g/mol. The van der Waals surface area contributed by atoms with E-state index < -0.39 is 34.1 Å². The van der Waals surface area contributed by atoms with Crippen LogP contribution >= 0.6 is 11.6 Å². The highest BCUT2D eigenvalue weighted by Crippen LogP contribution is 2.38. The average Bonchev–Trinajstić information content (AvgIpc) is 3.05. The Morgan fingerprint density at radius 3 is 2.48 bits per heavy atom. The fourth-order valence-electron chi connectivity index (χ4n) is 3.61. The van der Waals surface area contributed by atoms with Crippen molar-refractivity contribution >= 4 is 50.2 Å². The number of halogens is 1. The highest BCUT2D eigenvalue weighted by atomic mass is 35.5. The number of fused-ring (bicyclic) bond motifs is 1. The smallest absolute Gasteiger partial charge is 0.264 e. The molecule has 33 heavy (non-hydrogen) atoms. The number of carbonyl (C=O) groups excluding carboxylic acids is 3. The molecule has 3 rings (SSSR count). The molecule has 0 saturated carbocycles. The van der Waals surface area contributed by atoms with Gasteiger partial charge in [-0.25, -0.2) is 0 Å². The maximum Gasteiger partial charge on any atom is 0.264 e. The Bertz CT molecular complexity index is 1270. The quantitative estimate of drug-likeness (QED) is 0.342. The number of anilines is 1. The van der Waals surface area contributed by atoms with Crippen molar-refractivity contribution in [2.24, 2.45) is 0 Å². The van der Waals surface area contributed by atoms with Crippen molar-refractivity contribution < 1.29 is 32.3 Å². The van der Waals surface area contributed by atoms with Crippen molar-refractivity contribution in [3.63, 3.8) is 0 Å². The Morgan fingerprint density at radius 2 is 1.88 bits per heavy atom. The van der Waals surface area contributed by atoms with Crippen LogP contribution in [-0.2, 0) is 15.1 Å². The lowest BCUT2D eigenvalue weighted by molar-refractivity contribution is -0.113. The van der Waals surface area contributed by atoms with Crippen LogP contribution in [0.5, 0.6) is 11.5 Å². The number of rotatable bonds is 8. The Kier molecular flexibility index (Phi) is 7.39. The summed E-state index contributed by atoms with van der Waals surface area (Å²) in [4.78, 5) is 39.2. The third-order valence-corrected chi connectivity index (χ3v) is 6.04. The minimum atomic E-state index is -2.70. The number of imide groups is 1. The van der Waals surface area contributed by atoms with Crippen molar-refractivity contribution in [3.8, 4) is 11.5 Å². The molecule has 9 nitrogen and oxygen atoms in total.